The van der Waals surface area contributed by atoms with Crippen molar-refractivity contribution in [1.82, 2.24) is 0 Å². The zero-order chi connectivity index (χ0) is 12.4. The lowest BCUT2D eigenvalue weighted by atomic mass is 10.1. The Balaban J connectivity index is 2.31. The molecule has 1 aromatic rings. The zero-order valence-electron chi connectivity index (χ0n) is 10.9. The van der Waals surface area contributed by atoms with Gasteiger partial charge in [-0.1, -0.05) is 13.0 Å². The fourth-order valence-electron chi connectivity index (χ4n) is 2.38. The topological polar surface area (TPSA) is 38.5 Å². The molecule has 17 heavy (non-hydrogen) atoms. The van der Waals surface area contributed by atoms with Crippen molar-refractivity contribution in [2.24, 2.45) is 0 Å². The van der Waals surface area contributed by atoms with E-state index in [1.165, 1.54) is 5.56 Å². The third kappa shape index (κ3) is 2.55. The maximum atomic E-state index is 6.10. The monoisotopic (exact) mass is 234 g/mol. The van der Waals surface area contributed by atoms with Crippen molar-refractivity contribution < 1.29 is 4.74 Å². The van der Waals surface area contributed by atoms with Gasteiger partial charge in [0.25, 0.3) is 0 Å². The number of hydrogen-bond acceptors (Lipinski definition) is 3. The third-order valence-electron chi connectivity index (χ3n) is 3.43. The van der Waals surface area contributed by atoms with Gasteiger partial charge in [-0.15, -0.1) is 0 Å². The molecule has 0 aromatic heterocycles. The van der Waals surface area contributed by atoms with Crippen LogP contribution in [-0.2, 0) is 4.74 Å². The Morgan fingerprint density at radius 2 is 2.24 bits per heavy atom. The van der Waals surface area contributed by atoms with Gasteiger partial charge in [-0.2, -0.15) is 0 Å². The number of hydrogen-bond donors (Lipinski definition) is 1. The van der Waals surface area contributed by atoms with Crippen molar-refractivity contribution in [2.45, 2.75) is 39.3 Å². The number of morpholine rings is 1. The van der Waals surface area contributed by atoms with Gasteiger partial charge in [0.05, 0.1) is 30.1 Å². The quantitative estimate of drug-likeness (QED) is 0.799. The van der Waals surface area contributed by atoms with Crippen LogP contribution in [0.25, 0.3) is 0 Å². The number of nitrogens with zero attached hydrogens (tertiary/aromatic N) is 1. The summed E-state index contributed by atoms with van der Waals surface area (Å²) < 4.78 is 5.72. The highest BCUT2D eigenvalue weighted by Crippen LogP contribution is 2.29. The van der Waals surface area contributed by atoms with Crippen LogP contribution in [-0.4, -0.2) is 25.3 Å². The smallest absolute Gasteiger partial charge is 0.0723 e. The molecule has 0 spiro atoms. The van der Waals surface area contributed by atoms with Gasteiger partial charge in [0.1, 0.15) is 0 Å². The Hall–Kier alpha value is -1.22. The number of anilines is 2. The zero-order valence-corrected chi connectivity index (χ0v) is 10.9. The Labute approximate surface area is 104 Å². The number of benzene rings is 1. The van der Waals surface area contributed by atoms with E-state index in [0.29, 0.717) is 6.04 Å². The van der Waals surface area contributed by atoms with Crippen molar-refractivity contribution in [3.05, 3.63) is 23.8 Å². The number of nitrogens with two attached hydrogens (primary N) is 1. The summed E-state index contributed by atoms with van der Waals surface area (Å²) >= 11 is 0. The second kappa shape index (κ2) is 4.96. The average Bonchev–Trinajstić information content (AvgIpc) is 2.32. The molecule has 0 radical (unpaired) electrons. The lowest BCUT2D eigenvalue weighted by Crippen LogP contribution is -2.49. The van der Waals surface area contributed by atoms with Gasteiger partial charge in [-0.05, 0) is 38.0 Å². The molecule has 0 bridgehead atoms. The minimum Gasteiger partial charge on any atom is -0.397 e. The minimum atomic E-state index is 0.276. The van der Waals surface area contributed by atoms with E-state index in [1.54, 1.807) is 0 Å². The molecule has 94 valence electrons. The summed E-state index contributed by atoms with van der Waals surface area (Å²) in [5.41, 5.74) is 9.38. The Morgan fingerprint density at radius 3 is 2.94 bits per heavy atom. The highest BCUT2D eigenvalue weighted by Gasteiger charge is 2.26. The Bertz CT molecular complexity index is 392. The molecular formula is C14H22N2O. The number of rotatable bonds is 2. The van der Waals surface area contributed by atoms with Gasteiger partial charge in [-0.25, -0.2) is 0 Å². The number of aryl methyl sites for hydroxylation is 1. The van der Waals surface area contributed by atoms with Crippen LogP contribution < -0.4 is 10.6 Å². The first-order valence-electron chi connectivity index (χ1n) is 6.36. The molecule has 1 fully saturated rings. The number of ether oxygens (including phenoxy) is 1. The second-order valence-corrected chi connectivity index (χ2v) is 4.92. The third-order valence-corrected chi connectivity index (χ3v) is 3.43. The largest absolute Gasteiger partial charge is 0.397 e. The molecular weight excluding hydrogens is 212 g/mol. The highest BCUT2D eigenvalue weighted by atomic mass is 16.5. The van der Waals surface area contributed by atoms with Gasteiger partial charge in [0, 0.05) is 6.54 Å². The van der Waals surface area contributed by atoms with Crippen LogP contribution in [0.5, 0.6) is 0 Å². The molecule has 1 aliphatic heterocycles. The molecule has 2 atom stereocenters. The highest BCUT2D eigenvalue weighted by molar-refractivity contribution is 5.69. The second-order valence-electron chi connectivity index (χ2n) is 4.92. The van der Waals surface area contributed by atoms with Crippen molar-refractivity contribution >= 4 is 11.4 Å². The molecule has 1 heterocycles. The van der Waals surface area contributed by atoms with E-state index in [0.717, 1.165) is 30.9 Å². The maximum absolute atomic E-state index is 6.10. The summed E-state index contributed by atoms with van der Waals surface area (Å²) in [6, 6.07) is 6.67. The predicted octanol–water partition coefficient (Wildman–Crippen LogP) is 2.58. The molecule has 2 unspecified atom stereocenters. The first-order chi connectivity index (χ1) is 8.11. The normalized spacial score (nSPS) is 25.0. The van der Waals surface area contributed by atoms with E-state index in [1.807, 2.05) is 6.07 Å². The number of nitrogen functional groups attached to an aromatic ring is 1. The molecule has 0 saturated carbocycles. The van der Waals surface area contributed by atoms with E-state index < -0.39 is 0 Å². The van der Waals surface area contributed by atoms with Crippen LogP contribution >= 0.6 is 0 Å². The summed E-state index contributed by atoms with van der Waals surface area (Å²) in [6.07, 6.45) is 1.36. The lowest BCUT2D eigenvalue weighted by molar-refractivity contribution is 0.0300. The molecule has 1 aromatic carbocycles. The van der Waals surface area contributed by atoms with Crippen molar-refractivity contribution in [2.75, 3.05) is 23.8 Å². The Morgan fingerprint density at radius 1 is 1.47 bits per heavy atom. The van der Waals surface area contributed by atoms with Crippen LogP contribution in [0.4, 0.5) is 11.4 Å². The summed E-state index contributed by atoms with van der Waals surface area (Å²) in [5, 5.41) is 0. The van der Waals surface area contributed by atoms with E-state index in [2.05, 4.69) is 37.8 Å². The first-order valence-corrected chi connectivity index (χ1v) is 6.36. The van der Waals surface area contributed by atoms with Crippen LogP contribution in [0.3, 0.4) is 0 Å². The average molecular weight is 234 g/mol. The predicted molar refractivity (Wildman–Crippen MR) is 72.4 cm³/mol. The van der Waals surface area contributed by atoms with E-state index in [9.17, 15) is 0 Å². The van der Waals surface area contributed by atoms with Crippen molar-refractivity contribution in [3.8, 4) is 0 Å². The van der Waals surface area contributed by atoms with E-state index >= 15 is 0 Å². The molecule has 2 rings (SSSR count). The standard InChI is InChI=1S/C14H22N2O/c1-4-12-9-17-11(3)8-16(12)14-7-10(2)5-6-13(14)15/h5-7,11-12H,4,8-9,15H2,1-3H3. The van der Waals surface area contributed by atoms with Gasteiger partial charge >= 0.3 is 0 Å². The molecule has 0 amide bonds. The Kier molecular flexibility index (Phi) is 3.57. The van der Waals surface area contributed by atoms with Gasteiger partial charge in [0.2, 0.25) is 0 Å². The summed E-state index contributed by atoms with van der Waals surface area (Å²) in [7, 11) is 0. The molecule has 1 saturated heterocycles. The summed E-state index contributed by atoms with van der Waals surface area (Å²) in [6.45, 7) is 8.14. The van der Waals surface area contributed by atoms with E-state index in [4.69, 9.17) is 10.5 Å². The summed E-state index contributed by atoms with van der Waals surface area (Å²) in [4.78, 5) is 2.40. The fourth-order valence-corrected chi connectivity index (χ4v) is 2.38. The molecule has 3 nitrogen and oxygen atoms in total. The SMILES string of the molecule is CCC1COC(C)CN1c1cc(C)ccc1N. The van der Waals surface area contributed by atoms with Crippen LogP contribution in [0, 0.1) is 6.92 Å². The maximum Gasteiger partial charge on any atom is 0.0723 e. The molecule has 1 aliphatic rings. The van der Waals surface area contributed by atoms with Gasteiger partial charge in [-0.3, -0.25) is 0 Å². The first kappa shape index (κ1) is 12.2. The van der Waals surface area contributed by atoms with Crippen molar-refractivity contribution in [3.63, 3.8) is 0 Å². The van der Waals surface area contributed by atoms with Crippen molar-refractivity contribution in [1.29, 1.82) is 0 Å². The van der Waals surface area contributed by atoms with E-state index in [-0.39, 0.29) is 6.10 Å². The minimum absolute atomic E-state index is 0.276. The molecule has 0 aliphatic carbocycles. The summed E-state index contributed by atoms with van der Waals surface area (Å²) in [5.74, 6) is 0. The van der Waals surface area contributed by atoms with Gasteiger partial charge < -0.3 is 15.4 Å². The molecule has 3 heteroatoms. The lowest BCUT2D eigenvalue weighted by Gasteiger charge is -2.40. The van der Waals surface area contributed by atoms with Crippen LogP contribution in [0.1, 0.15) is 25.8 Å². The van der Waals surface area contributed by atoms with Crippen LogP contribution in [0.2, 0.25) is 0 Å². The van der Waals surface area contributed by atoms with Gasteiger partial charge in [0.15, 0.2) is 0 Å². The van der Waals surface area contributed by atoms with Crippen LogP contribution in [0.15, 0.2) is 18.2 Å². The fraction of sp³-hybridized carbons (Fsp3) is 0.571. The molecule has 2 N–H and O–H groups in total.